The molecule has 1 aromatic heterocycles. The Bertz CT molecular complexity index is 882. The van der Waals surface area contributed by atoms with Crippen LogP contribution < -0.4 is 10.1 Å². The number of nitrogens with zero attached hydrogens (tertiary/aromatic N) is 4. The third kappa shape index (κ3) is 5.48. The maximum Gasteiger partial charge on any atom is 0.243 e. The Morgan fingerprint density at radius 1 is 1.17 bits per heavy atom. The predicted octanol–water partition coefficient (Wildman–Crippen LogP) is 2.43. The van der Waals surface area contributed by atoms with Crippen LogP contribution in [0.5, 0.6) is 5.88 Å². The van der Waals surface area contributed by atoms with E-state index in [2.05, 4.69) is 27.1 Å². The minimum absolute atomic E-state index is 0.0485. The van der Waals surface area contributed by atoms with Crippen LogP contribution in [-0.2, 0) is 16.1 Å². The predicted molar refractivity (Wildman–Crippen MR) is 134 cm³/mol. The Balaban J connectivity index is 1.17. The fourth-order valence-corrected chi connectivity index (χ4v) is 6.69. The summed E-state index contributed by atoms with van der Waals surface area (Å²) in [4.78, 5) is 37.9. The molecule has 2 atom stereocenters. The number of pyridine rings is 1. The van der Waals surface area contributed by atoms with Crippen LogP contribution in [0.3, 0.4) is 0 Å². The van der Waals surface area contributed by atoms with E-state index in [0.29, 0.717) is 18.8 Å². The number of ether oxygens (including phenoxy) is 1. The molecule has 0 radical (unpaired) electrons. The molecule has 4 fully saturated rings. The van der Waals surface area contributed by atoms with E-state index in [1.807, 2.05) is 23.1 Å². The van der Waals surface area contributed by atoms with Crippen LogP contribution in [-0.4, -0.2) is 89.5 Å². The smallest absolute Gasteiger partial charge is 0.243 e. The molecule has 0 unspecified atom stereocenters. The zero-order valence-electron chi connectivity index (χ0n) is 21.4. The summed E-state index contributed by atoms with van der Waals surface area (Å²) in [6.45, 7) is 4.19. The molecule has 2 amide bonds. The molecule has 1 spiro atoms. The molecule has 1 saturated carbocycles. The number of fused-ring (bicyclic) bond motifs is 1. The average molecular weight is 484 g/mol. The molecule has 8 nitrogen and oxygen atoms in total. The van der Waals surface area contributed by atoms with Gasteiger partial charge in [0.1, 0.15) is 6.04 Å². The molecule has 35 heavy (non-hydrogen) atoms. The highest BCUT2D eigenvalue weighted by molar-refractivity contribution is 5.92. The minimum atomic E-state index is -0.416. The average Bonchev–Trinajstić information content (AvgIpc) is 3.29. The highest BCUT2D eigenvalue weighted by atomic mass is 16.5. The number of hydrogen-bond donors (Lipinski definition) is 1. The Morgan fingerprint density at radius 3 is 2.69 bits per heavy atom. The number of hydrogen-bond acceptors (Lipinski definition) is 6. The summed E-state index contributed by atoms with van der Waals surface area (Å²) in [6, 6.07) is 5.79. The van der Waals surface area contributed by atoms with E-state index in [-0.39, 0.29) is 23.9 Å². The lowest BCUT2D eigenvalue weighted by molar-refractivity contribution is -0.135. The fraction of sp³-hybridized carbons (Fsp3) is 0.741. The van der Waals surface area contributed by atoms with Crippen LogP contribution >= 0.6 is 0 Å². The summed E-state index contributed by atoms with van der Waals surface area (Å²) in [6.07, 6.45) is 9.44. The number of likely N-dealkylation sites (tertiary alicyclic amines) is 1. The SMILES string of the molecule is COc1cccc(CN2CCC3(CC2)CC(=O)N2C[C@@H](N(C)CC4CCCCC4)C[C@H]2C(=O)N3)n1. The topological polar surface area (TPSA) is 78.0 Å². The van der Waals surface area contributed by atoms with Crippen LogP contribution in [0.1, 0.15) is 63.5 Å². The Hall–Kier alpha value is -2.19. The van der Waals surface area contributed by atoms with Crippen molar-refractivity contribution >= 4 is 11.8 Å². The van der Waals surface area contributed by atoms with E-state index >= 15 is 0 Å². The lowest BCUT2D eigenvalue weighted by Gasteiger charge is -2.41. The van der Waals surface area contributed by atoms with Gasteiger partial charge in [-0.05, 0) is 51.1 Å². The van der Waals surface area contributed by atoms with Gasteiger partial charge in [-0.25, -0.2) is 4.98 Å². The number of aromatic nitrogens is 1. The molecular formula is C27H41N5O3. The largest absolute Gasteiger partial charge is 0.481 e. The summed E-state index contributed by atoms with van der Waals surface area (Å²) < 4.78 is 5.25. The van der Waals surface area contributed by atoms with Gasteiger partial charge in [-0.1, -0.05) is 25.3 Å². The molecule has 1 N–H and O–H groups in total. The highest BCUT2D eigenvalue weighted by Crippen LogP contribution is 2.34. The van der Waals surface area contributed by atoms with Gasteiger partial charge < -0.3 is 19.9 Å². The van der Waals surface area contributed by atoms with E-state index in [0.717, 1.165) is 57.1 Å². The summed E-state index contributed by atoms with van der Waals surface area (Å²) >= 11 is 0. The summed E-state index contributed by atoms with van der Waals surface area (Å²) in [5, 5.41) is 3.36. The molecule has 3 saturated heterocycles. The fourth-order valence-electron chi connectivity index (χ4n) is 6.69. The van der Waals surface area contributed by atoms with E-state index < -0.39 is 5.54 Å². The van der Waals surface area contributed by atoms with Crippen LogP contribution in [0.25, 0.3) is 0 Å². The quantitative estimate of drug-likeness (QED) is 0.670. The van der Waals surface area contributed by atoms with Gasteiger partial charge in [-0.2, -0.15) is 0 Å². The second-order valence-electron chi connectivity index (χ2n) is 11.3. The first-order valence-corrected chi connectivity index (χ1v) is 13.5. The van der Waals surface area contributed by atoms with Crippen molar-refractivity contribution in [2.24, 2.45) is 5.92 Å². The van der Waals surface area contributed by atoms with E-state index in [1.165, 1.54) is 32.1 Å². The first-order chi connectivity index (χ1) is 16.9. The molecule has 0 bridgehead atoms. The molecule has 8 heteroatoms. The van der Waals surface area contributed by atoms with Gasteiger partial charge in [0, 0.05) is 44.8 Å². The minimum Gasteiger partial charge on any atom is -0.481 e. The second-order valence-corrected chi connectivity index (χ2v) is 11.3. The molecular weight excluding hydrogens is 442 g/mol. The van der Waals surface area contributed by atoms with E-state index in [4.69, 9.17) is 4.74 Å². The van der Waals surface area contributed by atoms with E-state index in [9.17, 15) is 9.59 Å². The van der Waals surface area contributed by atoms with Crippen LogP contribution in [0.4, 0.5) is 0 Å². The molecule has 3 aliphatic heterocycles. The maximum atomic E-state index is 13.4. The van der Waals surface area contributed by atoms with Gasteiger partial charge in [0.05, 0.1) is 24.8 Å². The molecule has 1 aliphatic carbocycles. The van der Waals surface area contributed by atoms with Crippen LogP contribution in [0.15, 0.2) is 18.2 Å². The number of methoxy groups -OCH3 is 1. The number of nitrogens with one attached hydrogen (secondary N) is 1. The van der Waals surface area contributed by atoms with Crippen molar-refractivity contribution in [1.29, 1.82) is 0 Å². The first-order valence-electron chi connectivity index (χ1n) is 13.5. The second kappa shape index (κ2) is 10.4. The van der Waals surface area contributed by atoms with Crippen molar-refractivity contribution in [2.75, 3.05) is 40.3 Å². The van der Waals surface area contributed by atoms with Crippen molar-refractivity contribution in [2.45, 2.75) is 82.0 Å². The monoisotopic (exact) mass is 483 g/mol. The lowest BCUT2D eigenvalue weighted by Crippen LogP contribution is -2.56. The summed E-state index contributed by atoms with van der Waals surface area (Å²) in [5.41, 5.74) is 0.561. The van der Waals surface area contributed by atoms with Crippen LogP contribution in [0, 0.1) is 5.92 Å². The van der Waals surface area contributed by atoms with Gasteiger partial charge in [0.15, 0.2) is 0 Å². The van der Waals surface area contributed by atoms with Crippen molar-refractivity contribution in [3.05, 3.63) is 23.9 Å². The third-order valence-electron chi connectivity index (χ3n) is 8.86. The number of rotatable bonds is 6. The summed E-state index contributed by atoms with van der Waals surface area (Å²) in [5.74, 6) is 1.58. The van der Waals surface area contributed by atoms with Crippen molar-refractivity contribution in [1.82, 2.24) is 25.0 Å². The Morgan fingerprint density at radius 2 is 1.94 bits per heavy atom. The van der Waals surface area contributed by atoms with Gasteiger partial charge in [0.2, 0.25) is 17.7 Å². The molecule has 5 rings (SSSR count). The normalized spacial score (nSPS) is 27.7. The zero-order chi connectivity index (χ0) is 24.4. The first kappa shape index (κ1) is 24.5. The molecule has 1 aromatic rings. The molecule has 4 aliphatic rings. The Labute approximate surface area is 209 Å². The number of amides is 2. The zero-order valence-corrected chi connectivity index (χ0v) is 21.4. The Kier molecular flexibility index (Phi) is 7.30. The molecule has 4 heterocycles. The van der Waals surface area contributed by atoms with Gasteiger partial charge in [-0.3, -0.25) is 14.5 Å². The number of carbonyl (C=O) groups excluding carboxylic acids is 2. The molecule has 0 aromatic carbocycles. The van der Waals surface area contributed by atoms with E-state index in [1.54, 1.807) is 7.11 Å². The number of piperidine rings is 1. The summed E-state index contributed by atoms with van der Waals surface area (Å²) in [7, 11) is 3.81. The van der Waals surface area contributed by atoms with Crippen LogP contribution in [0.2, 0.25) is 0 Å². The molecule has 192 valence electrons. The number of carbonyl (C=O) groups is 2. The standard InChI is InChI=1S/C27H41N5O3/c1-30(17-20-7-4-3-5-8-20)22-15-23-26(34)29-27(16-25(33)32(23)19-22)11-13-31(14-12-27)18-21-9-6-10-24(28-21)35-2/h6,9-10,20,22-23H,3-5,7-8,11-19H2,1-2H3,(H,29,34)/t22-,23-/m0/s1. The van der Waals surface area contributed by atoms with Crippen molar-refractivity contribution < 1.29 is 14.3 Å². The number of likely N-dealkylation sites (N-methyl/N-ethyl adjacent to an activating group) is 1. The van der Waals surface area contributed by atoms with Crippen molar-refractivity contribution in [3.63, 3.8) is 0 Å². The van der Waals surface area contributed by atoms with Gasteiger partial charge in [0.25, 0.3) is 0 Å². The van der Waals surface area contributed by atoms with Crippen molar-refractivity contribution in [3.8, 4) is 5.88 Å². The van der Waals surface area contributed by atoms with Gasteiger partial charge in [-0.15, -0.1) is 0 Å². The maximum absolute atomic E-state index is 13.4. The lowest BCUT2D eigenvalue weighted by atomic mass is 9.84. The third-order valence-corrected chi connectivity index (χ3v) is 8.86. The van der Waals surface area contributed by atoms with Gasteiger partial charge >= 0.3 is 0 Å². The highest BCUT2D eigenvalue weighted by Gasteiger charge is 2.49.